The van der Waals surface area contributed by atoms with Crippen LogP contribution in [0, 0.1) is 5.92 Å². The van der Waals surface area contributed by atoms with Crippen molar-refractivity contribution in [2.24, 2.45) is 10.9 Å². The molecule has 0 radical (unpaired) electrons. The van der Waals surface area contributed by atoms with Crippen LogP contribution in [0.2, 0.25) is 0 Å². The first-order valence-electron chi connectivity index (χ1n) is 9.89. The Bertz CT molecular complexity index is 435. The summed E-state index contributed by atoms with van der Waals surface area (Å²) in [5.41, 5.74) is 0. The zero-order valence-electron chi connectivity index (χ0n) is 16.2. The van der Waals surface area contributed by atoms with E-state index in [1.807, 2.05) is 0 Å². The van der Waals surface area contributed by atoms with Crippen molar-refractivity contribution in [1.82, 2.24) is 15.5 Å². The van der Waals surface area contributed by atoms with E-state index in [0.29, 0.717) is 38.8 Å². The van der Waals surface area contributed by atoms with Crippen molar-refractivity contribution in [2.45, 2.75) is 44.4 Å². The molecule has 6 nitrogen and oxygen atoms in total. The van der Waals surface area contributed by atoms with Gasteiger partial charge in [-0.1, -0.05) is 0 Å². The lowest BCUT2D eigenvalue weighted by Crippen LogP contribution is -2.42. The molecule has 158 valence electrons. The third kappa shape index (κ3) is 9.62. The van der Waals surface area contributed by atoms with Crippen LogP contribution >= 0.6 is 0 Å². The minimum Gasteiger partial charge on any atom is -0.377 e. The Morgan fingerprint density at radius 1 is 1.19 bits per heavy atom. The number of rotatable bonds is 9. The molecule has 2 aliphatic heterocycles. The molecule has 1 unspecified atom stereocenters. The van der Waals surface area contributed by atoms with Crippen molar-refractivity contribution in [2.75, 3.05) is 59.6 Å². The zero-order chi connectivity index (χ0) is 19.5. The molecule has 0 aromatic heterocycles. The monoisotopic (exact) mass is 394 g/mol. The number of guanidine groups is 1. The fourth-order valence-corrected chi connectivity index (χ4v) is 3.53. The highest BCUT2D eigenvalue weighted by atomic mass is 19.4. The number of likely N-dealkylation sites (tertiary alicyclic amines) is 1. The van der Waals surface area contributed by atoms with Gasteiger partial charge in [-0.3, -0.25) is 9.89 Å². The fraction of sp³-hybridized carbons (Fsp3) is 0.944. The summed E-state index contributed by atoms with van der Waals surface area (Å²) in [7, 11) is 1.72. The molecular weight excluding hydrogens is 361 g/mol. The van der Waals surface area contributed by atoms with Gasteiger partial charge in [-0.05, 0) is 51.1 Å². The molecule has 0 aromatic rings. The van der Waals surface area contributed by atoms with E-state index in [9.17, 15) is 13.2 Å². The summed E-state index contributed by atoms with van der Waals surface area (Å²) >= 11 is 0. The minimum absolute atomic E-state index is 0.241. The number of halogens is 3. The van der Waals surface area contributed by atoms with Crippen LogP contribution in [0.15, 0.2) is 4.99 Å². The van der Waals surface area contributed by atoms with Gasteiger partial charge in [0.1, 0.15) is 0 Å². The van der Waals surface area contributed by atoms with Crippen LogP contribution < -0.4 is 10.6 Å². The topological polar surface area (TPSA) is 58.1 Å². The number of hydrogen-bond donors (Lipinski definition) is 2. The van der Waals surface area contributed by atoms with Crippen LogP contribution in [0.3, 0.4) is 0 Å². The Hall–Kier alpha value is -1.06. The third-order valence-electron chi connectivity index (χ3n) is 5.05. The summed E-state index contributed by atoms with van der Waals surface area (Å²) in [5.74, 6) is 1.19. The molecule has 2 aliphatic rings. The Balaban J connectivity index is 1.48. The van der Waals surface area contributed by atoms with Gasteiger partial charge in [-0.25, -0.2) is 0 Å². The summed E-state index contributed by atoms with van der Waals surface area (Å²) in [6, 6.07) is 0. The molecular formula is C18H33F3N4O2. The van der Waals surface area contributed by atoms with Gasteiger partial charge in [0, 0.05) is 26.7 Å². The average Bonchev–Trinajstić information content (AvgIpc) is 3.13. The fourth-order valence-electron chi connectivity index (χ4n) is 3.53. The second-order valence-corrected chi connectivity index (χ2v) is 7.26. The molecule has 2 heterocycles. The predicted molar refractivity (Wildman–Crippen MR) is 99.0 cm³/mol. The summed E-state index contributed by atoms with van der Waals surface area (Å²) in [6.45, 7) is 3.77. The molecule has 2 saturated heterocycles. The van der Waals surface area contributed by atoms with Crippen LogP contribution in [0.4, 0.5) is 13.2 Å². The largest absolute Gasteiger partial charge is 0.401 e. The molecule has 27 heavy (non-hydrogen) atoms. The van der Waals surface area contributed by atoms with Crippen LogP contribution in [-0.2, 0) is 9.47 Å². The number of nitrogens with one attached hydrogen (secondary N) is 2. The molecule has 9 heteroatoms. The van der Waals surface area contributed by atoms with Crippen LogP contribution in [-0.4, -0.2) is 82.7 Å². The number of nitrogens with zero attached hydrogens (tertiary/aromatic N) is 2. The number of piperidine rings is 1. The average molecular weight is 394 g/mol. The van der Waals surface area contributed by atoms with Gasteiger partial charge in [0.15, 0.2) is 5.96 Å². The van der Waals surface area contributed by atoms with Gasteiger partial charge in [0.2, 0.25) is 0 Å². The zero-order valence-corrected chi connectivity index (χ0v) is 16.2. The van der Waals surface area contributed by atoms with Crippen LogP contribution in [0.5, 0.6) is 0 Å². The maximum atomic E-state index is 12.4. The smallest absolute Gasteiger partial charge is 0.377 e. The second-order valence-electron chi connectivity index (χ2n) is 7.26. The van der Waals surface area contributed by atoms with E-state index in [0.717, 1.165) is 51.2 Å². The number of alkyl halides is 3. The van der Waals surface area contributed by atoms with Crippen LogP contribution in [0.1, 0.15) is 32.1 Å². The molecule has 0 saturated carbocycles. The van der Waals surface area contributed by atoms with Crippen molar-refractivity contribution < 1.29 is 22.6 Å². The van der Waals surface area contributed by atoms with Gasteiger partial charge in [0.25, 0.3) is 0 Å². The van der Waals surface area contributed by atoms with E-state index in [2.05, 4.69) is 15.6 Å². The maximum Gasteiger partial charge on any atom is 0.401 e. The summed E-state index contributed by atoms with van der Waals surface area (Å²) in [6.07, 6.45) is 0.916. The van der Waals surface area contributed by atoms with Gasteiger partial charge in [0.05, 0.1) is 25.9 Å². The lowest BCUT2D eigenvalue weighted by Gasteiger charge is -2.32. The number of aliphatic imine (C=N–C) groups is 1. The van der Waals surface area contributed by atoms with Crippen LogP contribution in [0.25, 0.3) is 0 Å². The molecule has 1 atom stereocenters. The first-order chi connectivity index (χ1) is 13.0. The predicted octanol–water partition coefficient (Wildman–Crippen LogP) is 2.01. The molecule has 2 N–H and O–H groups in total. The van der Waals surface area contributed by atoms with E-state index < -0.39 is 12.7 Å². The normalized spacial score (nSPS) is 23.0. The lowest BCUT2D eigenvalue weighted by molar-refractivity contribution is -0.148. The van der Waals surface area contributed by atoms with E-state index in [-0.39, 0.29) is 6.10 Å². The van der Waals surface area contributed by atoms with Gasteiger partial charge in [-0.15, -0.1) is 0 Å². The SMILES string of the molecule is CN=C(NCCOCC1CCCO1)NCCC1CCN(CC(F)(F)F)CC1. The number of hydrogen-bond acceptors (Lipinski definition) is 4. The highest BCUT2D eigenvalue weighted by Gasteiger charge is 2.32. The van der Waals surface area contributed by atoms with Gasteiger partial charge < -0.3 is 20.1 Å². The Labute approximate surface area is 159 Å². The first kappa shape index (κ1) is 22.2. The molecule has 0 bridgehead atoms. The Morgan fingerprint density at radius 2 is 1.93 bits per heavy atom. The van der Waals surface area contributed by atoms with E-state index in [1.54, 1.807) is 7.05 Å². The quantitative estimate of drug-likeness (QED) is 0.356. The molecule has 0 amide bonds. The number of ether oxygens (including phenoxy) is 2. The highest BCUT2D eigenvalue weighted by molar-refractivity contribution is 5.79. The standard InChI is InChI=1S/C18H33F3N4O2/c1-22-17(24-8-12-26-13-16-3-2-11-27-16)23-7-4-15-5-9-25(10-6-15)14-18(19,20)21/h15-16H,2-14H2,1H3,(H2,22,23,24). The molecule has 2 fully saturated rings. The van der Waals surface area contributed by atoms with E-state index in [4.69, 9.17) is 9.47 Å². The summed E-state index contributed by atoms with van der Waals surface area (Å²) in [4.78, 5) is 5.68. The van der Waals surface area contributed by atoms with E-state index >= 15 is 0 Å². The first-order valence-corrected chi connectivity index (χ1v) is 9.89. The highest BCUT2D eigenvalue weighted by Crippen LogP contribution is 2.23. The summed E-state index contributed by atoms with van der Waals surface area (Å²) < 4.78 is 48.3. The minimum atomic E-state index is -4.10. The molecule has 0 aromatic carbocycles. The van der Waals surface area contributed by atoms with Crippen molar-refractivity contribution in [3.63, 3.8) is 0 Å². The van der Waals surface area contributed by atoms with Crippen molar-refractivity contribution in [3.8, 4) is 0 Å². The van der Waals surface area contributed by atoms with Gasteiger partial charge >= 0.3 is 6.18 Å². The third-order valence-corrected chi connectivity index (χ3v) is 5.05. The Morgan fingerprint density at radius 3 is 2.56 bits per heavy atom. The summed E-state index contributed by atoms with van der Waals surface area (Å²) in [5, 5.41) is 6.47. The Kier molecular flexibility index (Phi) is 9.64. The molecule has 0 aliphatic carbocycles. The maximum absolute atomic E-state index is 12.4. The van der Waals surface area contributed by atoms with E-state index in [1.165, 1.54) is 4.90 Å². The second kappa shape index (κ2) is 11.7. The van der Waals surface area contributed by atoms with Crippen molar-refractivity contribution in [1.29, 1.82) is 0 Å². The molecule has 2 rings (SSSR count). The van der Waals surface area contributed by atoms with Crippen molar-refractivity contribution >= 4 is 5.96 Å². The lowest BCUT2D eigenvalue weighted by atomic mass is 9.93. The van der Waals surface area contributed by atoms with Crippen molar-refractivity contribution in [3.05, 3.63) is 0 Å². The van der Waals surface area contributed by atoms with Gasteiger partial charge in [-0.2, -0.15) is 13.2 Å². The molecule has 0 spiro atoms.